The predicted molar refractivity (Wildman–Crippen MR) is 65.3 cm³/mol. The standard InChI is InChI=1S/C13H15Br/c1-3-4-5-6-7-12-8-9-13(14)11(2)10-12/h8-10H,3-5H2,1-2H3. The van der Waals surface area contributed by atoms with Gasteiger partial charge in [0, 0.05) is 16.5 Å². The second-order valence-corrected chi connectivity index (χ2v) is 4.22. The van der Waals surface area contributed by atoms with Gasteiger partial charge in [-0.25, -0.2) is 0 Å². The van der Waals surface area contributed by atoms with Gasteiger partial charge in [0.25, 0.3) is 0 Å². The third-order valence-electron chi connectivity index (χ3n) is 2.05. The van der Waals surface area contributed by atoms with Crippen LogP contribution in [0.5, 0.6) is 0 Å². The fourth-order valence-corrected chi connectivity index (χ4v) is 1.40. The number of unbranched alkanes of at least 4 members (excludes halogenated alkanes) is 2. The van der Waals surface area contributed by atoms with Crippen LogP contribution in [0.15, 0.2) is 22.7 Å². The molecular weight excluding hydrogens is 236 g/mol. The van der Waals surface area contributed by atoms with Gasteiger partial charge in [-0.05, 0) is 37.1 Å². The molecule has 0 aliphatic carbocycles. The molecule has 1 aromatic carbocycles. The highest BCUT2D eigenvalue weighted by molar-refractivity contribution is 9.10. The molecule has 0 saturated carbocycles. The number of halogens is 1. The zero-order valence-corrected chi connectivity index (χ0v) is 10.3. The Morgan fingerprint density at radius 2 is 2.14 bits per heavy atom. The zero-order chi connectivity index (χ0) is 10.4. The van der Waals surface area contributed by atoms with Gasteiger partial charge >= 0.3 is 0 Å². The number of rotatable bonds is 2. The molecule has 0 saturated heterocycles. The maximum absolute atomic E-state index is 3.47. The number of benzene rings is 1. The molecule has 0 aliphatic rings. The molecule has 0 unspecified atom stereocenters. The third kappa shape index (κ3) is 3.55. The molecule has 0 N–H and O–H groups in total. The molecule has 74 valence electrons. The Labute approximate surface area is 94.9 Å². The first-order valence-corrected chi connectivity index (χ1v) is 5.78. The van der Waals surface area contributed by atoms with Gasteiger partial charge in [0.05, 0.1) is 0 Å². The second-order valence-electron chi connectivity index (χ2n) is 3.37. The SMILES string of the molecule is CCCCC#Cc1ccc(Br)c(C)c1. The van der Waals surface area contributed by atoms with E-state index in [9.17, 15) is 0 Å². The summed E-state index contributed by atoms with van der Waals surface area (Å²) in [6.45, 7) is 4.27. The van der Waals surface area contributed by atoms with Crippen molar-refractivity contribution < 1.29 is 0 Å². The summed E-state index contributed by atoms with van der Waals surface area (Å²) in [5.41, 5.74) is 2.36. The van der Waals surface area contributed by atoms with Crippen molar-refractivity contribution in [2.75, 3.05) is 0 Å². The van der Waals surface area contributed by atoms with E-state index in [1.165, 1.54) is 18.4 Å². The molecule has 0 heterocycles. The molecule has 0 atom stereocenters. The lowest BCUT2D eigenvalue weighted by molar-refractivity contribution is 0.828. The lowest BCUT2D eigenvalue weighted by Gasteiger charge is -1.97. The van der Waals surface area contributed by atoms with Crippen LogP contribution in [0.3, 0.4) is 0 Å². The molecule has 1 rings (SSSR count). The van der Waals surface area contributed by atoms with Crippen LogP contribution < -0.4 is 0 Å². The van der Waals surface area contributed by atoms with Crippen LogP contribution >= 0.6 is 15.9 Å². The molecule has 14 heavy (non-hydrogen) atoms. The molecule has 0 spiro atoms. The summed E-state index contributed by atoms with van der Waals surface area (Å²) in [6, 6.07) is 6.22. The third-order valence-corrected chi connectivity index (χ3v) is 2.94. The Hall–Kier alpha value is -0.740. The van der Waals surface area contributed by atoms with Gasteiger partial charge in [0.15, 0.2) is 0 Å². The number of hydrogen-bond acceptors (Lipinski definition) is 0. The van der Waals surface area contributed by atoms with Gasteiger partial charge in [0.2, 0.25) is 0 Å². The summed E-state index contributed by atoms with van der Waals surface area (Å²) in [5.74, 6) is 6.36. The topological polar surface area (TPSA) is 0 Å². The van der Waals surface area contributed by atoms with E-state index in [4.69, 9.17) is 0 Å². The van der Waals surface area contributed by atoms with Gasteiger partial charge < -0.3 is 0 Å². The van der Waals surface area contributed by atoms with Gasteiger partial charge in [-0.2, -0.15) is 0 Å². The molecule has 0 aromatic heterocycles. The summed E-state index contributed by atoms with van der Waals surface area (Å²) >= 11 is 3.47. The van der Waals surface area contributed by atoms with Crippen molar-refractivity contribution in [2.24, 2.45) is 0 Å². The Bertz CT molecular complexity index is 355. The fraction of sp³-hybridized carbons (Fsp3) is 0.385. The van der Waals surface area contributed by atoms with Gasteiger partial charge in [0.1, 0.15) is 0 Å². The Morgan fingerprint density at radius 3 is 2.79 bits per heavy atom. The predicted octanol–water partition coefficient (Wildman–Crippen LogP) is 4.30. The van der Waals surface area contributed by atoms with E-state index in [1.54, 1.807) is 0 Å². The first kappa shape index (κ1) is 11.3. The number of aryl methyl sites for hydroxylation is 1. The van der Waals surface area contributed by atoms with Crippen molar-refractivity contribution in [1.29, 1.82) is 0 Å². The number of hydrogen-bond donors (Lipinski definition) is 0. The van der Waals surface area contributed by atoms with E-state index in [0.29, 0.717) is 0 Å². The van der Waals surface area contributed by atoms with Crippen molar-refractivity contribution in [3.8, 4) is 11.8 Å². The smallest absolute Gasteiger partial charge is 0.0248 e. The largest absolute Gasteiger partial charge is 0.0979 e. The van der Waals surface area contributed by atoms with E-state index in [-0.39, 0.29) is 0 Å². The van der Waals surface area contributed by atoms with E-state index >= 15 is 0 Å². The normalized spacial score (nSPS) is 9.36. The van der Waals surface area contributed by atoms with Crippen LogP contribution in [0.2, 0.25) is 0 Å². The molecule has 0 fully saturated rings. The van der Waals surface area contributed by atoms with Crippen LogP contribution in [0.1, 0.15) is 37.3 Å². The van der Waals surface area contributed by atoms with E-state index < -0.39 is 0 Å². The average Bonchev–Trinajstić information content (AvgIpc) is 2.18. The minimum Gasteiger partial charge on any atom is -0.0979 e. The van der Waals surface area contributed by atoms with Crippen LogP contribution in [0.25, 0.3) is 0 Å². The highest BCUT2D eigenvalue weighted by Gasteiger charge is 1.93. The highest BCUT2D eigenvalue weighted by atomic mass is 79.9. The molecule has 0 radical (unpaired) electrons. The minimum atomic E-state index is 1.01. The van der Waals surface area contributed by atoms with Crippen molar-refractivity contribution in [1.82, 2.24) is 0 Å². The quantitative estimate of drug-likeness (QED) is 0.543. The first-order valence-electron chi connectivity index (χ1n) is 4.99. The summed E-state index contributed by atoms with van der Waals surface area (Å²) in [5, 5.41) is 0. The van der Waals surface area contributed by atoms with Crippen molar-refractivity contribution in [2.45, 2.75) is 33.1 Å². The second kappa shape index (κ2) is 5.88. The van der Waals surface area contributed by atoms with Crippen LogP contribution in [-0.4, -0.2) is 0 Å². The molecule has 0 amide bonds. The maximum Gasteiger partial charge on any atom is 0.0248 e. The van der Waals surface area contributed by atoms with Crippen molar-refractivity contribution in [3.63, 3.8) is 0 Å². The molecule has 0 bridgehead atoms. The van der Waals surface area contributed by atoms with E-state index in [0.717, 1.165) is 16.5 Å². The lowest BCUT2D eigenvalue weighted by atomic mass is 10.1. The minimum absolute atomic E-state index is 1.01. The maximum atomic E-state index is 3.47. The average molecular weight is 251 g/mol. The molecule has 1 aromatic rings. The summed E-state index contributed by atoms with van der Waals surface area (Å²) in [4.78, 5) is 0. The summed E-state index contributed by atoms with van der Waals surface area (Å²) in [6.07, 6.45) is 3.42. The van der Waals surface area contributed by atoms with Crippen LogP contribution in [0, 0.1) is 18.8 Å². The van der Waals surface area contributed by atoms with Crippen molar-refractivity contribution in [3.05, 3.63) is 33.8 Å². The fourth-order valence-electron chi connectivity index (χ4n) is 1.15. The molecule has 1 heteroatoms. The van der Waals surface area contributed by atoms with Gasteiger partial charge in [-0.3, -0.25) is 0 Å². The van der Waals surface area contributed by atoms with Gasteiger partial charge in [-0.15, -0.1) is 0 Å². The summed E-state index contributed by atoms with van der Waals surface area (Å²) < 4.78 is 1.15. The Kier molecular flexibility index (Phi) is 4.76. The highest BCUT2D eigenvalue weighted by Crippen LogP contribution is 2.16. The van der Waals surface area contributed by atoms with E-state index in [2.05, 4.69) is 59.8 Å². The Morgan fingerprint density at radius 1 is 1.36 bits per heavy atom. The molecular formula is C13H15Br. The first-order chi connectivity index (χ1) is 6.74. The molecule has 0 aliphatic heterocycles. The van der Waals surface area contributed by atoms with E-state index in [1.807, 2.05) is 0 Å². The van der Waals surface area contributed by atoms with Crippen LogP contribution in [-0.2, 0) is 0 Å². The Balaban J connectivity index is 2.66. The van der Waals surface area contributed by atoms with Crippen LogP contribution in [0.4, 0.5) is 0 Å². The summed E-state index contributed by atoms with van der Waals surface area (Å²) in [7, 11) is 0. The zero-order valence-electron chi connectivity index (χ0n) is 8.73. The molecule has 0 nitrogen and oxygen atoms in total. The van der Waals surface area contributed by atoms with Gasteiger partial charge in [-0.1, -0.05) is 41.1 Å². The monoisotopic (exact) mass is 250 g/mol. The van der Waals surface area contributed by atoms with Crippen molar-refractivity contribution >= 4 is 15.9 Å². The lowest BCUT2D eigenvalue weighted by Crippen LogP contribution is -1.79.